The monoisotopic (exact) mass is 260 g/mol. The highest BCUT2D eigenvalue weighted by atomic mass is 35.5. The Morgan fingerprint density at radius 3 is 2.61 bits per heavy atom. The summed E-state index contributed by atoms with van der Waals surface area (Å²) in [6, 6.07) is 7.19. The van der Waals surface area contributed by atoms with E-state index in [0.717, 1.165) is 11.3 Å². The molecule has 3 nitrogen and oxygen atoms in total. The molecule has 1 heterocycles. The highest BCUT2D eigenvalue weighted by Gasteiger charge is 2.08. The predicted molar refractivity (Wildman–Crippen MR) is 73.9 cm³/mol. The van der Waals surface area contributed by atoms with Crippen LogP contribution in [-0.4, -0.2) is 9.97 Å². The van der Waals surface area contributed by atoms with Gasteiger partial charge in [0.25, 0.3) is 5.56 Å². The molecule has 0 radical (unpaired) electrons. The molecule has 0 atom stereocenters. The second kappa shape index (κ2) is 5.19. The third-order valence-corrected chi connectivity index (χ3v) is 2.94. The van der Waals surface area contributed by atoms with Crippen molar-refractivity contribution in [2.45, 2.75) is 13.3 Å². The summed E-state index contributed by atoms with van der Waals surface area (Å²) in [4.78, 5) is 19.1. The van der Waals surface area contributed by atoms with Crippen molar-refractivity contribution in [3.05, 3.63) is 63.6 Å². The number of allylic oxidation sites excluding steroid dienone is 1. The summed E-state index contributed by atoms with van der Waals surface area (Å²) >= 11 is 5.82. The van der Waals surface area contributed by atoms with Crippen molar-refractivity contribution in [1.29, 1.82) is 0 Å². The molecular formula is C14H13ClN2O. The summed E-state index contributed by atoms with van der Waals surface area (Å²) in [5.74, 6) is 0.557. The van der Waals surface area contributed by atoms with Crippen LogP contribution in [0.2, 0.25) is 5.02 Å². The first-order valence-corrected chi connectivity index (χ1v) is 5.96. The van der Waals surface area contributed by atoms with Gasteiger partial charge in [0.15, 0.2) is 0 Å². The van der Waals surface area contributed by atoms with Crippen LogP contribution >= 0.6 is 11.6 Å². The number of benzene rings is 1. The molecular weight excluding hydrogens is 248 g/mol. The normalized spacial score (nSPS) is 10.3. The van der Waals surface area contributed by atoms with Crippen LogP contribution in [-0.2, 0) is 6.42 Å². The second-order valence-corrected chi connectivity index (χ2v) is 4.41. The molecule has 0 saturated heterocycles. The van der Waals surface area contributed by atoms with Crippen molar-refractivity contribution < 1.29 is 0 Å². The number of hydrogen-bond donors (Lipinski definition) is 1. The highest BCUT2D eigenvalue weighted by Crippen LogP contribution is 2.17. The van der Waals surface area contributed by atoms with Gasteiger partial charge in [-0.1, -0.05) is 17.7 Å². The Kier molecular flexibility index (Phi) is 3.63. The Bertz CT molecular complexity index is 629. The van der Waals surface area contributed by atoms with Gasteiger partial charge in [-0.3, -0.25) is 4.79 Å². The summed E-state index contributed by atoms with van der Waals surface area (Å²) in [5.41, 5.74) is 2.10. The number of H-pyrrole nitrogens is 1. The summed E-state index contributed by atoms with van der Waals surface area (Å²) in [6.07, 6.45) is 2.22. The molecule has 92 valence electrons. The van der Waals surface area contributed by atoms with E-state index in [0.29, 0.717) is 22.8 Å². The molecule has 0 fully saturated rings. The largest absolute Gasteiger partial charge is 0.306 e. The first-order valence-electron chi connectivity index (χ1n) is 5.58. The number of aromatic amines is 1. The van der Waals surface area contributed by atoms with Gasteiger partial charge in [-0.25, -0.2) is 4.98 Å². The molecule has 4 heteroatoms. The van der Waals surface area contributed by atoms with Gasteiger partial charge in [0, 0.05) is 21.8 Å². The van der Waals surface area contributed by atoms with Gasteiger partial charge in [0.2, 0.25) is 0 Å². The molecule has 0 spiro atoms. The summed E-state index contributed by atoms with van der Waals surface area (Å²) < 4.78 is 0. The lowest BCUT2D eigenvalue weighted by atomic mass is 10.1. The number of nitrogens with one attached hydrogen (secondary N) is 1. The van der Waals surface area contributed by atoms with Crippen LogP contribution in [0.4, 0.5) is 0 Å². The maximum Gasteiger partial charge on any atom is 0.254 e. The van der Waals surface area contributed by atoms with Gasteiger partial charge in [0.1, 0.15) is 5.82 Å². The number of aryl methyl sites for hydroxylation is 1. The van der Waals surface area contributed by atoms with Crippen LogP contribution in [0.25, 0.3) is 11.4 Å². The molecule has 0 saturated carbocycles. The molecule has 1 N–H and O–H groups in total. The molecule has 1 aromatic carbocycles. The van der Waals surface area contributed by atoms with Gasteiger partial charge in [-0.15, -0.1) is 6.58 Å². The molecule has 1 aromatic heterocycles. The number of hydrogen-bond acceptors (Lipinski definition) is 2. The minimum Gasteiger partial charge on any atom is -0.306 e. The van der Waals surface area contributed by atoms with E-state index in [4.69, 9.17) is 11.6 Å². The Hall–Kier alpha value is -1.87. The quantitative estimate of drug-likeness (QED) is 0.862. The van der Waals surface area contributed by atoms with Gasteiger partial charge in [-0.05, 0) is 37.6 Å². The smallest absolute Gasteiger partial charge is 0.254 e. The molecule has 0 aliphatic carbocycles. The number of halogens is 1. The van der Waals surface area contributed by atoms with E-state index in [-0.39, 0.29) is 5.56 Å². The van der Waals surface area contributed by atoms with Crippen LogP contribution in [0.5, 0.6) is 0 Å². The van der Waals surface area contributed by atoms with Gasteiger partial charge < -0.3 is 4.98 Å². The minimum absolute atomic E-state index is 0.118. The fraction of sp³-hybridized carbons (Fsp3) is 0.143. The highest BCUT2D eigenvalue weighted by molar-refractivity contribution is 6.30. The van der Waals surface area contributed by atoms with Crippen molar-refractivity contribution in [2.24, 2.45) is 0 Å². The maximum absolute atomic E-state index is 11.9. The molecule has 0 aliphatic heterocycles. The fourth-order valence-electron chi connectivity index (χ4n) is 1.74. The van der Waals surface area contributed by atoms with Crippen molar-refractivity contribution in [2.75, 3.05) is 0 Å². The van der Waals surface area contributed by atoms with Gasteiger partial charge in [-0.2, -0.15) is 0 Å². The standard InChI is InChI=1S/C14H13ClN2O/c1-3-4-12-9(2)16-13(17-14(12)18)10-5-7-11(15)8-6-10/h3,5-8H,1,4H2,2H3,(H,16,17,18). The predicted octanol–water partition coefficient (Wildman–Crippen LogP) is 3.13. The summed E-state index contributed by atoms with van der Waals surface area (Å²) in [6.45, 7) is 5.46. The Morgan fingerprint density at radius 1 is 1.39 bits per heavy atom. The first-order chi connectivity index (χ1) is 8.61. The lowest BCUT2D eigenvalue weighted by Crippen LogP contribution is -2.16. The SMILES string of the molecule is C=CCc1c(C)nc(-c2ccc(Cl)cc2)[nH]c1=O. The summed E-state index contributed by atoms with van der Waals surface area (Å²) in [7, 11) is 0. The molecule has 0 amide bonds. The third kappa shape index (κ3) is 2.51. The average Bonchev–Trinajstić information content (AvgIpc) is 2.34. The van der Waals surface area contributed by atoms with E-state index in [1.165, 1.54) is 0 Å². The first kappa shape index (κ1) is 12.6. The van der Waals surface area contributed by atoms with Gasteiger partial charge >= 0.3 is 0 Å². The Balaban J connectivity index is 2.51. The van der Waals surface area contributed by atoms with Crippen LogP contribution in [0.3, 0.4) is 0 Å². The fourth-order valence-corrected chi connectivity index (χ4v) is 1.87. The lowest BCUT2D eigenvalue weighted by molar-refractivity contribution is 1.00. The molecule has 0 aliphatic rings. The van der Waals surface area contributed by atoms with E-state index in [9.17, 15) is 4.79 Å². The maximum atomic E-state index is 11.9. The number of aromatic nitrogens is 2. The zero-order valence-electron chi connectivity index (χ0n) is 10.0. The van der Waals surface area contributed by atoms with Crippen LogP contribution in [0.1, 0.15) is 11.3 Å². The average molecular weight is 261 g/mol. The molecule has 0 bridgehead atoms. The Labute approximate surface area is 110 Å². The molecule has 18 heavy (non-hydrogen) atoms. The van der Waals surface area contributed by atoms with Crippen LogP contribution in [0.15, 0.2) is 41.7 Å². The van der Waals surface area contributed by atoms with E-state index in [1.54, 1.807) is 18.2 Å². The van der Waals surface area contributed by atoms with Crippen LogP contribution < -0.4 is 5.56 Å². The third-order valence-electron chi connectivity index (χ3n) is 2.69. The van der Waals surface area contributed by atoms with Gasteiger partial charge in [0.05, 0.1) is 0 Å². The topological polar surface area (TPSA) is 45.8 Å². The molecule has 2 aromatic rings. The zero-order valence-corrected chi connectivity index (χ0v) is 10.8. The molecule has 0 unspecified atom stereocenters. The van der Waals surface area contributed by atoms with Crippen molar-refractivity contribution in [1.82, 2.24) is 9.97 Å². The minimum atomic E-state index is -0.118. The second-order valence-electron chi connectivity index (χ2n) is 3.98. The van der Waals surface area contributed by atoms with E-state index in [2.05, 4.69) is 16.5 Å². The van der Waals surface area contributed by atoms with Crippen molar-refractivity contribution >= 4 is 11.6 Å². The van der Waals surface area contributed by atoms with E-state index < -0.39 is 0 Å². The summed E-state index contributed by atoms with van der Waals surface area (Å²) in [5, 5.41) is 0.654. The molecule has 2 rings (SSSR count). The van der Waals surface area contributed by atoms with Crippen LogP contribution in [0, 0.1) is 6.92 Å². The number of nitrogens with zero attached hydrogens (tertiary/aromatic N) is 1. The van der Waals surface area contributed by atoms with Crippen molar-refractivity contribution in [3.63, 3.8) is 0 Å². The number of rotatable bonds is 3. The Morgan fingerprint density at radius 2 is 2.06 bits per heavy atom. The van der Waals surface area contributed by atoms with E-state index >= 15 is 0 Å². The zero-order chi connectivity index (χ0) is 13.1. The lowest BCUT2D eigenvalue weighted by Gasteiger charge is -2.05. The van der Waals surface area contributed by atoms with E-state index in [1.807, 2.05) is 19.1 Å². The van der Waals surface area contributed by atoms with Crippen molar-refractivity contribution in [3.8, 4) is 11.4 Å².